The molecule has 76 valence electrons. The molecule has 1 aliphatic carbocycles. The molecule has 0 aliphatic heterocycles. The van der Waals surface area contributed by atoms with Gasteiger partial charge in [0.1, 0.15) is 5.78 Å². The molecule has 0 amide bonds. The molecule has 1 rings (SSSR count). The van der Waals surface area contributed by atoms with Gasteiger partial charge in [0.15, 0.2) is 0 Å². The van der Waals surface area contributed by atoms with E-state index in [4.69, 9.17) is 0 Å². The predicted molar refractivity (Wildman–Crippen MR) is 55.6 cm³/mol. The van der Waals surface area contributed by atoms with Crippen LogP contribution in [0.5, 0.6) is 0 Å². The summed E-state index contributed by atoms with van der Waals surface area (Å²) in [5.74, 6) is 1.49. The number of Topliss-reactive ketones (excluding diaryl/α,β-unsaturated/α-hetero) is 1. The molecule has 1 aliphatic rings. The van der Waals surface area contributed by atoms with Crippen molar-refractivity contribution in [2.24, 2.45) is 17.3 Å². The van der Waals surface area contributed by atoms with Crippen molar-refractivity contribution in [3.05, 3.63) is 0 Å². The van der Waals surface area contributed by atoms with E-state index in [0.717, 1.165) is 12.8 Å². The van der Waals surface area contributed by atoms with Crippen LogP contribution in [0.2, 0.25) is 0 Å². The molecule has 0 bridgehead atoms. The zero-order chi connectivity index (χ0) is 10.1. The van der Waals surface area contributed by atoms with Gasteiger partial charge in [0.05, 0.1) is 0 Å². The first-order chi connectivity index (χ1) is 5.95. The Morgan fingerprint density at radius 3 is 2.31 bits per heavy atom. The number of carbonyl (C=O) groups excluding carboxylic acids is 1. The van der Waals surface area contributed by atoms with E-state index in [-0.39, 0.29) is 5.41 Å². The minimum Gasteiger partial charge on any atom is -0.299 e. The van der Waals surface area contributed by atoms with Gasteiger partial charge >= 0.3 is 0 Å². The van der Waals surface area contributed by atoms with Crippen molar-refractivity contribution in [1.29, 1.82) is 0 Å². The highest BCUT2D eigenvalue weighted by atomic mass is 16.1. The Kier molecular flexibility index (Phi) is 3.15. The first-order valence-corrected chi connectivity index (χ1v) is 5.48. The van der Waals surface area contributed by atoms with Crippen molar-refractivity contribution in [1.82, 2.24) is 0 Å². The van der Waals surface area contributed by atoms with E-state index in [9.17, 15) is 4.79 Å². The average Bonchev–Trinajstić information content (AvgIpc) is 2.01. The lowest BCUT2D eigenvalue weighted by atomic mass is 9.68. The Bertz CT molecular complexity index is 188. The Hall–Kier alpha value is -0.330. The topological polar surface area (TPSA) is 17.1 Å². The van der Waals surface area contributed by atoms with Crippen LogP contribution in [0.3, 0.4) is 0 Å². The van der Waals surface area contributed by atoms with Crippen molar-refractivity contribution in [2.75, 3.05) is 0 Å². The summed E-state index contributed by atoms with van der Waals surface area (Å²) in [6.07, 6.45) is 4.37. The van der Waals surface area contributed by atoms with Gasteiger partial charge in [-0.15, -0.1) is 0 Å². The van der Waals surface area contributed by atoms with E-state index in [2.05, 4.69) is 27.7 Å². The molecule has 1 nitrogen and oxygen atoms in total. The molecule has 0 N–H and O–H groups in total. The lowest BCUT2D eigenvalue weighted by molar-refractivity contribution is -0.129. The molecule has 0 aromatic heterocycles. The Labute approximate surface area is 81.9 Å². The molecule has 0 saturated heterocycles. The van der Waals surface area contributed by atoms with Gasteiger partial charge in [0.2, 0.25) is 0 Å². The standard InChI is InChI=1S/C12H22O/c1-5-9-6-7-10(11(13)8-9)12(2,3)4/h9-10H,5-8H2,1-4H3/t9-,10-/m1/s1. The Morgan fingerprint density at radius 1 is 1.31 bits per heavy atom. The largest absolute Gasteiger partial charge is 0.299 e. The fourth-order valence-electron chi connectivity index (χ4n) is 2.36. The average molecular weight is 182 g/mol. The summed E-state index contributed by atoms with van der Waals surface area (Å²) in [6.45, 7) is 8.74. The number of hydrogen-bond acceptors (Lipinski definition) is 1. The molecule has 13 heavy (non-hydrogen) atoms. The van der Waals surface area contributed by atoms with E-state index in [1.165, 1.54) is 12.8 Å². The molecule has 2 atom stereocenters. The van der Waals surface area contributed by atoms with Gasteiger partial charge in [0.25, 0.3) is 0 Å². The Morgan fingerprint density at radius 2 is 1.92 bits per heavy atom. The van der Waals surface area contributed by atoms with Crippen LogP contribution in [0.25, 0.3) is 0 Å². The molecular weight excluding hydrogens is 160 g/mol. The second-order valence-corrected chi connectivity index (χ2v) is 5.44. The zero-order valence-electron chi connectivity index (χ0n) is 9.39. The highest BCUT2D eigenvalue weighted by molar-refractivity contribution is 5.82. The van der Waals surface area contributed by atoms with Crippen LogP contribution >= 0.6 is 0 Å². The van der Waals surface area contributed by atoms with Crippen molar-refractivity contribution < 1.29 is 4.79 Å². The van der Waals surface area contributed by atoms with Gasteiger partial charge < -0.3 is 0 Å². The minimum atomic E-state index is 0.176. The fourth-order valence-corrected chi connectivity index (χ4v) is 2.36. The third-order valence-corrected chi connectivity index (χ3v) is 3.36. The summed E-state index contributed by atoms with van der Waals surface area (Å²) >= 11 is 0. The molecule has 0 unspecified atom stereocenters. The highest BCUT2D eigenvalue weighted by Crippen LogP contribution is 2.38. The van der Waals surface area contributed by atoms with Gasteiger partial charge in [-0.3, -0.25) is 4.79 Å². The van der Waals surface area contributed by atoms with Crippen LogP contribution < -0.4 is 0 Å². The molecule has 1 heteroatoms. The Balaban J connectivity index is 2.59. The van der Waals surface area contributed by atoms with Gasteiger partial charge in [-0.1, -0.05) is 34.1 Å². The maximum absolute atomic E-state index is 11.8. The quantitative estimate of drug-likeness (QED) is 0.607. The third kappa shape index (κ3) is 2.55. The van der Waals surface area contributed by atoms with E-state index in [0.29, 0.717) is 17.6 Å². The summed E-state index contributed by atoms with van der Waals surface area (Å²) in [4.78, 5) is 11.8. The normalized spacial score (nSPS) is 30.6. The van der Waals surface area contributed by atoms with E-state index in [1.807, 2.05) is 0 Å². The van der Waals surface area contributed by atoms with Crippen molar-refractivity contribution >= 4 is 5.78 Å². The lowest BCUT2D eigenvalue weighted by Crippen LogP contribution is -2.33. The van der Waals surface area contributed by atoms with Crippen LogP contribution in [0.4, 0.5) is 0 Å². The van der Waals surface area contributed by atoms with Crippen LogP contribution in [0.15, 0.2) is 0 Å². The minimum absolute atomic E-state index is 0.176. The second-order valence-electron chi connectivity index (χ2n) is 5.44. The molecular formula is C12H22O. The number of hydrogen-bond donors (Lipinski definition) is 0. The van der Waals surface area contributed by atoms with Gasteiger partial charge in [0, 0.05) is 12.3 Å². The first-order valence-electron chi connectivity index (χ1n) is 5.48. The van der Waals surface area contributed by atoms with Crippen LogP contribution in [0, 0.1) is 17.3 Å². The van der Waals surface area contributed by atoms with E-state index < -0.39 is 0 Å². The molecule has 0 spiro atoms. The van der Waals surface area contributed by atoms with E-state index in [1.54, 1.807) is 0 Å². The van der Waals surface area contributed by atoms with Crippen molar-refractivity contribution in [3.63, 3.8) is 0 Å². The monoisotopic (exact) mass is 182 g/mol. The molecule has 1 saturated carbocycles. The van der Waals surface area contributed by atoms with Crippen molar-refractivity contribution in [3.8, 4) is 0 Å². The second kappa shape index (κ2) is 3.81. The number of rotatable bonds is 1. The number of carbonyl (C=O) groups is 1. The molecule has 0 aromatic carbocycles. The summed E-state index contributed by atoms with van der Waals surface area (Å²) in [5.41, 5.74) is 0.176. The molecule has 0 radical (unpaired) electrons. The van der Waals surface area contributed by atoms with Crippen LogP contribution in [-0.4, -0.2) is 5.78 Å². The predicted octanol–water partition coefficient (Wildman–Crippen LogP) is 3.43. The van der Waals surface area contributed by atoms with Gasteiger partial charge in [-0.2, -0.15) is 0 Å². The lowest BCUT2D eigenvalue weighted by Gasteiger charge is -2.35. The van der Waals surface area contributed by atoms with Gasteiger partial charge in [-0.25, -0.2) is 0 Å². The zero-order valence-corrected chi connectivity index (χ0v) is 9.39. The third-order valence-electron chi connectivity index (χ3n) is 3.36. The van der Waals surface area contributed by atoms with Crippen LogP contribution in [0.1, 0.15) is 53.4 Å². The summed E-state index contributed by atoms with van der Waals surface area (Å²) in [7, 11) is 0. The number of ketones is 1. The molecule has 1 fully saturated rings. The summed E-state index contributed by atoms with van der Waals surface area (Å²) in [6, 6.07) is 0. The van der Waals surface area contributed by atoms with Crippen LogP contribution in [-0.2, 0) is 4.79 Å². The highest BCUT2D eigenvalue weighted by Gasteiger charge is 2.35. The van der Waals surface area contributed by atoms with Gasteiger partial charge in [-0.05, 0) is 24.2 Å². The smallest absolute Gasteiger partial charge is 0.136 e. The van der Waals surface area contributed by atoms with Crippen molar-refractivity contribution in [2.45, 2.75) is 53.4 Å². The molecule has 0 aromatic rings. The molecule has 0 heterocycles. The summed E-state index contributed by atoms with van der Waals surface area (Å²) < 4.78 is 0. The van der Waals surface area contributed by atoms with E-state index >= 15 is 0 Å². The SMILES string of the molecule is CC[C@@H]1CC[C@@H](C(C)(C)C)C(=O)C1. The maximum atomic E-state index is 11.8. The first kappa shape index (κ1) is 10.7. The fraction of sp³-hybridized carbons (Fsp3) is 0.917. The summed E-state index contributed by atoms with van der Waals surface area (Å²) in [5, 5.41) is 0. The maximum Gasteiger partial charge on any atom is 0.136 e.